The second kappa shape index (κ2) is 7.72. The van der Waals surface area contributed by atoms with Gasteiger partial charge in [0.15, 0.2) is 0 Å². The molecule has 0 atom stereocenters. The summed E-state index contributed by atoms with van der Waals surface area (Å²) in [5.41, 5.74) is 4.44. The van der Waals surface area contributed by atoms with Gasteiger partial charge in [0, 0.05) is 5.41 Å². The summed E-state index contributed by atoms with van der Waals surface area (Å²) in [5.74, 6) is 1.26. The zero-order chi connectivity index (χ0) is 20.6. The Bertz CT molecular complexity index is 508. The molecule has 0 aliphatic heterocycles. The van der Waals surface area contributed by atoms with Crippen LogP contribution in [0.5, 0.6) is 0 Å². The van der Waals surface area contributed by atoms with Gasteiger partial charge in [-0.3, -0.25) is 0 Å². The highest BCUT2D eigenvalue weighted by molar-refractivity contribution is 7.60. The maximum absolute atomic E-state index is 6.75. The molecule has 0 amide bonds. The average Bonchev–Trinajstić information content (AvgIpc) is 2.18. The van der Waals surface area contributed by atoms with Crippen LogP contribution >= 0.6 is 0 Å². The highest BCUT2D eigenvalue weighted by atomic mass is 29.6. The van der Waals surface area contributed by atoms with Crippen LogP contribution in [-0.2, 0) is 4.43 Å². The van der Waals surface area contributed by atoms with E-state index in [4.69, 9.17) is 4.43 Å². The molecule has 0 aromatic rings. The SMILES string of the molecule is CC(C)(C)/C(C=[Si]([Si](C)(C)C)[Si](C)(C)C)=C(\O[Si](C)(C)C)C(C)(C)C. The normalized spacial score (nSPS) is 15.6. The Morgan fingerprint density at radius 2 is 1.04 bits per heavy atom. The van der Waals surface area contributed by atoms with Gasteiger partial charge in [-0.25, -0.2) is 0 Å². The van der Waals surface area contributed by atoms with Crippen molar-refractivity contribution in [2.45, 2.75) is 100 Å². The minimum atomic E-state index is -1.66. The van der Waals surface area contributed by atoms with Crippen molar-refractivity contribution in [3.63, 3.8) is 0 Å². The van der Waals surface area contributed by atoms with E-state index in [0.717, 1.165) is 0 Å². The molecule has 0 spiro atoms. The fourth-order valence-corrected chi connectivity index (χ4v) is 38.7. The maximum atomic E-state index is 6.75. The van der Waals surface area contributed by atoms with Crippen molar-refractivity contribution in [3.05, 3.63) is 11.3 Å². The molecule has 0 aliphatic rings. The smallest absolute Gasteiger partial charge is 0.241 e. The van der Waals surface area contributed by atoms with Gasteiger partial charge in [-0.15, -0.1) is 0 Å². The fraction of sp³-hybridized carbons (Fsp3) is 0.850. The number of rotatable bonds is 5. The molecule has 25 heavy (non-hydrogen) atoms. The van der Waals surface area contributed by atoms with Crippen LogP contribution in [0.3, 0.4) is 0 Å². The molecule has 0 unspecified atom stereocenters. The van der Waals surface area contributed by atoms with Crippen LogP contribution < -0.4 is 0 Å². The lowest BCUT2D eigenvalue weighted by Crippen LogP contribution is -2.54. The molecule has 0 heterocycles. The van der Waals surface area contributed by atoms with Crippen LogP contribution in [-0.4, -0.2) is 36.6 Å². The van der Waals surface area contributed by atoms with Crippen molar-refractivity contribution in [2.24, 2.45) is 10.8 Å². The summed E-state index contributed by atoms with van der Waals surface area (Å²) >= 11 is 0. The van der Waals surface area contributed by atoms with E-state index in [1.54, 1.807) is 0 Å². The molecular formula is C20H46OSi4. The van der Waals surface area contributed by atoms with Crippen molar-refractivity contribution in [1.29, 1.82) is 0 Å². The van der Waals surface area contributed by atoms with E-state index >= 15 is 0 Å². The molecule has 0 aromatic carbocycles. The van der Waals surface area contributed by atoms with Crippen molar-refractivity contribution in [3.8, 4) is 0 Å². The second-order valence-electron chi connectivity index (χ2n) is 12.5. The summed E-state index contributed by atoms with van der Waals surface area (Å²) in [5, 5.41) is 0. The van der Waals surface area contributed by atoms with Gasteiger partial charge in [-0.1, -0.05) is 86.5 Å². The van der Waals surface area contributed by atoms with Crippen LogP contribution in [0.2, 0.25) is 58.9 Å². The summed E-state index contributed by atoms with van der Waals surface area (Å²) in [6.45, 7) is 36.4. The monoisotopic (exact) mass is 414 g/mol. The Morgan fingerprint density at radius 3 is 1.24 bits per heavy atom. The lowest BCUT2D eigenvalue weighted by Gasteiger charge is -2.38. The van der Waals surface area contributed by atoms with Gasteiger partial charge < -0.3 is 4.43 Å². The molecule has 0 aliphatic carbocycles. The van der Waals surface area contributed by atoms with Gasteiger partial charge in [-0.2, -0.15) is 0 Å². The Hall–Kier alpha value is 0.278. The van der Waals surface area contributed by atoms with E-state index in [-0.39, 0.29) is 10.8 Å². The predicted octanol–water partition coefficient (Wildman–Crippen LogP) is 6.90. The van der Waals surface area contributed by atoms with Crippen LogP contribution in [0, 0.1) is 10.8 Å². The van der Waals surface area contributed by atoms with E-state index in [1.807, 2.05) is 0 Å². The molecular weight excluding hydrogens is 369 g/mol. The summed E-state index contributed by atoms with van der Waals surface area (Å²) in [6.07, 6.45) is 0. The third-order valence-electron chi connectivity index (χ3n) is 4.05. The lowest BCUT2D eigenvalue weighted by atomic mass is 9.80. The fourth-order valence-electron chi connectivity index (χ4n) is 3.24. The Kier molecular flexibility index (Phi) is 7.81. The first kappa shape index (κ1) is 25.3. The first-order chi connectivity index (χ1) is 10.6. The van der Waals surface area contributed by atoms with Crippen molar-refractivity contribution < 1.29 is 4.43 Å². The minimum absolute atomic E-state index is 0.0469. The van der Waals surface area contributed by atoms with E-state index in [1.165, 1.54) is 11.3 Å². The van der Waals surface area contributed by atoms with Gasteiger partial charge in [0.05, 0.1) is 20.9 Å². The van der Waals surface area contributed by atoms with Gasteiger partial charge in [0.25, 0.3) is 0 Å². The Morgan fingerprint density at radius 1 is 0.680 bits per heavy atom. The second-order valence-corrected chi connectivity index (χ2v) is 40.8. The molecule has 0 bridgehead atoms. The molecule has 5 heteroatoms. The zero-order valence-corrected chi connectivity index (χ0v) is 24.0. The molecule has 0 saturated heterocycles. The van der Waals surface area contributed by atoms with Gasteiger partial charge in [0.1, 0.15) is 0 Å². The summed E-state index contributed by atoms with van der Waals surface area (Å²) in [6, 6.07) is 0. The largest absolute Gasteiger partial charge is 0.547 e. The third kappa shape index (κ3) is 8.67. The Balaban J connectivity index is 6.92. The summed E-state index contributed by atoms with van der Waals surface area (Å²) in [7, 11) is -4.54. The quantitative estimate of drug-likeness (QED) is 0.351. The maximum Gasteiger partial charge on any atom is 0.241 e. The van der Waals surface area contributed by atoms with Crippen LogP contribution in [0.4, 0.5) is 0 Å². The Labute approximate surface area is 163 Å². The molecule has 0 radical (unpaired) electrons. The summed E-state index contributed by atoms with van der Waals surface area (Å²) in [4.78, 5) is 0. The first-order valence-electron chi connectivity index (χ1n) is 9.74. The van der Waals surface area contributed by atoms with Crippen LogP contribution in [0.15, 0.2) is 11.3 Å². The minimum Gasteiger partial charge on any atom is -0.547 e. The van der Waals surface area contributed by atoms with Crippen molar-refractivity contribution in [1.82, 2.24) is 0 Å². The molecule has 148 valence electrons. The highest BCUT2D eigenvalue weighted by Crippen LogP contribution is 2.38. The van der Waals surface area contributed by atoms with E-state index < -0.39 is 30.9 Å². The van der Waals surface area contributed by atoms with Crippen LogP contribution in [0.1, 0.15) is 41.5 Å². The zero-order valence-electron chi connectivity index (χ0n) is 20.0. The molecule has 0 N–H and O–H groups in total. The van der Waals surface area contributed by atoms with E-state index in [9.17, 15) is 0 Å². The number of hydrogen-bond acceptors (Lipinski definition) is 1. The predicted molar refractivity (Wildman–Crippen MR) is 129 cm³/mol. The van der Waals surface area contributed by atoms with Gasteiger partial charge >= 0.3 is 0 Å². The van der Waals surface area contributed by atoms with Gasteiger partial charge in [-0.05, 0) is 38.1 Å². The van der Waals surface area contributed by atoms with Crippen molar-refractivity contribution >= 4 is 36.6 Å². The first-order valence-corrected chi connectivity index (χ1v) is 23.7. The van der Waals surface area contributed by atoms with Crippen LogP contribution in [0.25, 0.3) is 0 Å². The summed E-state index contributed by atoms with van der Waals surface area (Å²) < 4.78 is 6.75. The van der Waals surface area contributed by atoms with E-state index in [2.05, 4.69) is 106 Å². The average molecular weight is 415 g/mol. The number of allylic oxidation sites excluding steroid dienone is 2. The molecule has 0 fully saturated rings. The van der Waals surface area contributed by atoms with Gasteiger partial charge in [0.2, 0.25) is 8.32 Å². The molecule has 0 rings (SSSR count). The molecule has 1 nitrogen and oxygen atoms in total. The molecule has 0 saturated carbocycles. The van der Waals surface area contributed by atoms with Crippen molar-refractivity contribution in [2.75, 3.05) is 0 Å². The third-order valence-corrected chi connectivity index (χ3v) is 32.7. The molecule has 0 aromatic heterocycles. The standard InChI is InChI=1S/C20H46OSi4/c1-19(2,3)17(16-22(24(10,11)12)25(13,14)15)18(20(4,5)6)21-23(7,8)9/h16H,1-15H3/b18-17-. The lowest BCUT2D eigenvalue weighted by molar-refractivity contribution is 0.274. The highest BCUT2D eigenvalue weighted by Gasteiger charge is 2.36. The number of hydrogen-bond donors (Lipinski definition) is 0. The van der Waals surface area contributed by atoms with E-state index in [0.29, 0.717) is 0 Å². The topological polar surface area (TPSA) is 9.23 Å².